The number of amides is 1. The lowest BCUT2D eigenvalue weighted by molar-refractivity contribution is 0.0951. The van der Waals surface area contributed by atoms with Gasteiger partial charge in [-0.15, -0.1) is 0 Å². The molecule has 0 fully saturated rings. The molecule has 2 rings (SSSR count). The highest BCUT2D eigenvalue weighted by atomic mass is 35.5. The maximum atomic E-state index is 12.0. The molecule has 5 nitrogen and oxygen atoms in total. The normalized spacial score (nSPS) is 9.70. The van der Waals surface area contributed by atoms with E-state index in [-0.39, 0.29) is 12.5 Å². The minimum Gasteiger partial charge on any atom is -0.348 e. The molecule has 0 spiro atoms. The van der Waals surface area contributed by atoms with Crippen LogP contribution >= 0.6 is 11.6 Å². The molecule has 0 atom stereocenters. The van der Waals surface area contributed by atoms with Gasteiger partial charge in [-0.3, -0.25) is 9.89 Å². The van der Waals surface area contributed by atoms with Crippen LogP contribution in [0.3, 0.4) is 0 Å². The number of hydrogen-bond acceptors (Lipinski definition) is 3. The van der Waals surface area contributed by atoms with Crippen molar-refractivity contribution in [2.45, 2.75) is 6.54 Å². The lowest BCUT2D eigenvalue weighted by Crippen LogP contribution is -2.22. The number of aromatic amines is 1. The van der Waals surface area contributed by atoms with Gasteiger partial charge in [-0.05, 0) is 18.2 Å². The zero-order chi connectivity index (χ0) is 14.4. The number of nitrogens with one attached hydrogen (secondary N) is 2. The van der Waals surface area contributed by atoms with E-state index in [1.165, 1.54) is 0 Å². The third-order valence-corrected chi connectivity index (χ3v) is 2.88. The third-order valence-electron chi connectivity index (χ3n) is 2.56. The number of rotatable bonds is 3. The van der Waals surface area contributed by atoms with Crippen molar-refractivity contribution in [1.82, 2.24) is 15.5 Å². The Balaban J connectivity index is 2.05. The van der Waals surface area contributed by atoms with Gasteiger partial charge in [-0.1, -0.05) is 23.4 Å². The molecule has 0 saturated heterocycles. The van der Waals surface area contributed by atoms with Crippen LogP contribution in [0.25, 0.3) is 0 Å². The molecule has 0 radical (unpaired) electrons. The highest BCUT2D eigenvalue weighted by molar-refractivity contribution is 6.32. The van der Waals surface area contributed by atoms with E-state index in [2.05, 4.69) is 27.4 Å². The summed E-state index contributed by atoms with van der Waals surface area (Å²) in [6.07, 6.45) is 3.37. The Morgan fingerprint density at radius 3 is 3.00 bits per heavy atom. The van der Waals surface area contributed by atoms with Gasteiger partial charge in [0.2, 0.25) is 0 Å². The molecule has 102 valence electrons. The molecule has 0 aliphatic rings. The van der Waals surface area contributed by atoms with E-state index < -0.39 is 0 Å². The second kappa shape index (κ2) is 6.75. The molecule has 2 aromatic rings. The monoisotopic (exact) mass is 288 g/mol. The summed E-state index contributed by atoms with van der Waals surface area (Å²) in [5, 5.41) is 9.70. The van der Waals surface area contributed by atoms with Gasteiger partial charge < -0.3 is 11.1 Å². The van der Waals surface area contributed by atoms with E-state index in [9.17, 15) is 4.79 Å². The van der Waals surface area contributed by atoms with Gasteiger partial charge in [0.1, 0.15) is 0 Å². The Morgan fingerprint density at radius 1 is 1.50 bits per heavy atom. The van der Waals surface area contributed by atoms with E-state index in [1.54, 1.807) is 30.6 Å². The number of H-pyrrole nitrogens is 1. The molecule has 4 N–H and O–H groups in total. The van der Waals surface area contributed by atoms with Crippen LogP contribution in [0.1, 0.15) is 21.5 Å². The Hall–Kier alpha value is -2.29. The van der Waals surface area contributed by atoms with Crippen molar-refractivity contribution in [2.75, 3.05) is 6.54 Å². The molecule has 6 heteroatoms. The van der Waals surface area contributed by atoms with Gasteiger partial charge in [-0.2, -0.15) is 5.10 Å². The first-order chi connectivity index (χ1) is 9.70. The molecule has 20 heavy (non-hydrogen) atoms. The average Bonchev–Trinajstić information content (AvgIpc) is 2.96. The predicted molar refractivity (Wildman–Crippen MR) is 77.1 cm³/mol. The average molecular weight is 289 g/mol. The van der Waals surface area contributed by atoms with Crippen LogP contribution in [0.2, 0.25) is 5.02 Å². The number of hydrogen-bond donors (Lipinski definition) is 3. The lowest BCUT2D eigenvalue weighted by Gasteiger charge is -2.05. The number of halogens is 1. The Morgan fingerprint density at radius 2 is 2.35 bits per heavy atom. The molecule has 0 saturated carbocycles. The Labute approximate surface area is 121 Å². The van der Waals surface area contributed by atoms with Gasteiger partial charge in [-0.25, -0.2) is 0 Å². The maximum absolute atomic E-state index is 12.0. The minimum absolute atomic E-state index is 0.202. The molecule has 0 aliphatic heterocycles. The fourth-order valence-corrected chi connectivity index (χ4v) is 1.79. The fourth-order valence-electron chi connectivity index (χ4n) is 1.56. The van der Waals surface area contributed by atoms with Crippen molar-refractivity contribution >= 4 is 17.5 Å². The molecule has 1 aromatic carbocycles. The van der Waals surface area contributed by atoms with Crippen LogP contribution in [-0.2, 0) is 6.54 Å². The summed E-state index contributed by atoms with van der Waals surface area (Å²) in [6, 6.07) is 4.97. The lowest BCUT2D eigenvalue weighted by atomic mass is 10.1. The fraction of sp³-hybridized carbons (Fsp3) is 0.143. The largest absolute Gasteiger partial charge is 0.348 e. The second-order valence-electron chi connectivity index (χ2n) is 3.99. The summed E-state index contributed by atoms with van der Waals surface area (Å²) in [7, 11) is 0. The SMILES string of the molecule is NCC#Cc1ccc(C(=O)NCc2cn[nH]c2)cc1Cl. The van der Waals surface area contributed by atoms with Gasteiger partial charge in [0.15, 0.2) is 0 Å². The van der Waals surface area contributed by atoms with Crippen LogP contribution in [0.15, 0.2) is 30.6 Å². The zero-order valence-electron chi connectivity index (χ0n) is 10.6. The summed E-state index contributed by atoms with van der Waals surface area (Å²) in [5.74, 6) is 5.36. The van der Waals surface area contributed by atoms with Crippen molar-refractivity contribution in [3.8, 4) is 11.8 Å². The number of nitrogens with zero attached hydrogens (tertiary/aromatic N) is 1. The van der Waals surface area contributed by atoms with E-state index in [4.69, 9.17) is 17.3 Å². The molecule has 0 bridgehead atoms. The second-order valence-corrected chi connectivity index (χ2v) is 4.40. The van der Waals surface area contributed by atoms with Gasteiger partial charge in [0.05, 0.1) is 17.8 Å². The van der Waals surface area contributed by atoms with Crippen molar-refractivity contribution < 1.29 is 4.79 Å². The molecular formula is C14H13ClN4O. The standard InChI is InChI=1S/C14H13ClN4O/c15-13-6-12(4-3-11(13)2-1-5-16)14(20)17-7-10-8-18-19-9-10/h3-4,6,8-9H,5,7,16H2,(H,17,20)(H,18,19). The summed E-state index contributed by atoms with van der Waals surface area (Å²) in [4.78, 5) is 12.0. The zero-order valence-corrected chi connectivity index (χ0v) is 11.4. The molecule has 1 heterocycles. The summed E-state index contributed by atoms with van der Waals surface area (Å²) in [5.41, 5.74) is 7.34. The molecule has 1 aromatic heterocycles. The number of carbonyl (C=O) groups is 1. The quantitative estimate of drug-likeness (QED) is 0.745. The predicted octanol–water partition coefficient (Wildman–Crippen LogP) is 1.30. The number of nitrogens with two attached hydrogens (primary N) is 1. The van der Waals surface area contributed by atoms with E-state index in [0.29, 0.717) is 22.7 Å². The first-order valence-electron chi connectivity index (χ1n) is 5.95. The van der Waals surface area contributed by atoms with Crippen molar-refractivity contribution in [3.05, 3.63) is 52.3 Å². The summed E-state index contributed by atoms with van der Waals surface area (Å²) >= 11 is 6.07. The topological polar surface area (TPSA) is 83.8 Å². The van der Waals surface area contributed by atoms with Crippen LogP contribution in [0, 0.1) is 11.8 Å². The first-order valence-corrected chi connectivity index (χ1v) is 6.33. The summed E-state index contributed by atoms with van der Waals surface area (Å²) < 4.78 is 0. The van der Waals surface area contributed by atoms with E-state index >= 15 is 0 Å². The van der Waals surface area contributed by atoms with Crippen molar-refractivity contribution in [1.29, 1.82) is 0 Å². The summed E-state index contributed by atoms with van der Waals surface area (Å²) in [6.45, 7) is 0.672. The van der Waals surface area contributed by atoms with Crippen LogP contribution in [0.4, 0.5) is 0 Å². The van der Waals surface area contributed by atoms with E-state index in [0.717, 1.165) is 5.56 Å². The van der Waals surface area contributed by atoms with Gasteiger partial charge in [0, 0.05) is 29.4 Å². The van der Waals surface area contributed by atoms with Crippen LogP contribution < -0.4 is 11.1 Å². The number of aromatic nitrogens is 2. The van der Waals surface area contributed by atoms with Gasteiger partial charge in [0.25, 0.3) is 5.91 Å². The third kappa shape index (κ3) is 3.60. The molecule has 0 unspecified atom stereocenters. The highest BCUT2D eigenvalue weighted by Crippen LogP contribution is 2.17. The Bertz CT molecular complexity index is 656. The molecular weight excluding hydrogens is 276 g/mol. The van der Waals surface area contributed by atoms with E-state index in [1.807, 2.05) is 0 Å². The highest BCUT2D eigenvalue weighted by Gasteiger charge is 2.08. The smallest absolute Gasteiger partial charge is 0.251 e. The number of carbonyl (C=O) groups excluding carboxylic acids is 1. The maximum Gasteiger partial charge on any atom is 0.251 e. The molecule has 1 amide bonds. The van der Waals surface area contributed by atoms with Crippen LogP contribution in [0.5, 0.6) is 0 Å². The Kier molecular flexibility index (Phi) is 4.77. The van der Waals surface area contributed by atoms with Gasteiger partial charge >= 0.3 is 0 Å². The minimum atomic E-state index is -0.202. The first kappa shape index (κ1) is 14.1. The molecule has 0 aliphatic carbocycles. The van der Waals surface area contributed by atoms with Crippen molar-refractivity contribution in [3.63, 3.8) is 0 Å². The van der Waals surface area contributed by atoms with Crippen molar-refractivity contribution in [2.24, 2.45) is 5.73 Å². The van der Waals surface area contributed by atoms with Crippen LogP contribution in [-0.4, -0.2) is 22.6 Å². The number of benzene rings is 1.